The zero-order valence-corrected chi connectivity index (χ0v) is 7.06. The third-order valence-electron chi connectivity index (χ3n) is 2.78. The van der Waals surface area contributed by atoms with Gasteiger partial charge in [0.05, 0.1) is 0 Å². The molecule has 0 bridgehead atoms. The van der Waals surface area contributed by atoms with E-state index in [1.54, 1.807) is 11.1 Å². The van der Waals surface area contributed by atoms with Gasteiger partial charge in [-0.1, -0.05) is 17.7 Å². The highest BCUT2D eigenvalue weighted by Gasteiger charge is 2.22. The third kappa shape index (κ3) is 1.14. The molecule has 0 saturated heterocycles. The lowest BCUT2D eigenvalue weighted by atomic mass is 9.99. The van der Waals surface area contributed by atoms with Gasteiger partial charge in [-0.3, -0.25) is 0 Å². The zero-order valence-electron chi connectivity index (χ0n) is 7.06. The van der Waals surface area contributed by atoms with Crippen LogP contribution in [0.2, 0.25) is 0 Å². The minimum absolute atomic E-state index is 0.654. The van der Waals surface area contributed by atoms with E-state index >= 15 is 0 Å². The van der Waals surface area contributed by atoms with Crippen LogP contribution in [0.3, 0.4) is 0 Å². The van der Waals surface area contributed by atoms with Crippen LogP contribution < -0.4 is 5.32 Å². The largest absolute Gasteiger partial charge is 0.313 e. The Morgan fingerprint density at radius 3 is 3.18 bits per heavy atom. The Morgan fingerprint density at radius 2 is 2.36 bits per heavy atom. The van der Waals surface area contributed by atoms with E-state index in [1.807, 2.05) is 0 Å². The van der Waals surface area contributed by atoms with Crippen molar-refractivity contribution in [1.82, 2.24) is 5.32 Å². The van der Waals surface area contributed by atoms with Crippen LogP contribution in [-0.2, 0) is 0 Å². The minimum Gasteiger partial charge on any atom is -0.313 e. The van der Waals surface area contributed by atoms with E-state index in [0.717, 1.165) is 0 Å². The molecule has 0 unspecified atom stereocenters. The van der Waals surface area contributed by atoms with Gasteiger partial charge in [-0.25, -0.2) is 0 Å². The van der Waals surface area contributed by atoms with Gasteiger partial charge in [0.2, 0.25) is 0 Å². The van der Waals surface area contributed by atoms with E-state index in [1.165, 1.54) is 25.7 Å². The van der Waals surface area contributed by atoms with Crippen LogP contribution in [-0.4, -0.2) is 13.1 Å². The average Bonchev–Trinajstić information content (AvgIpc) is 2.47. The molecule has 11 heavy (non-hydrogen) atoms. The molecule has 0 aliphatic heterocycles. The molecule has 0 fully saturated rings. The average molecular weight is 149 g/mol. The molecular weight excluding hydrogens is 134 g/mol. The Kier molecular flexibility index (Phi) is 1.82. The van der Waals surface area contributed by atoms with Crippen molar-refractivity contribution in [3.05, 3.63) is 23.3 Å². The van der Waals surface area contributed by atoms with Crippen LogP contribution in [0.25, 0.3) is 0 Å². The molecule has 0 amide bonds. The summed E-state index contributed by atoms with van der Waals surface area (Å²) in [6, 6.07) is 0.654. The fraction of sp³-hybridized carbons (Fsp3) is 0.600. The summed E-state index contributed by atoms with van der Waals surface area (Å²) in [6.07, 6.45) is 9.82. The first-order valence-corrected chi connectivity index (χ1v) is 4.47. The van der Waals surface area contributed by atoms with E-state index in [4.69, 9.17) is 0 Å². The highest BCUT2D eigenvalue weighted by Crippen LogP contribution is 2.33. The normalized spacial score (nSPS) is 29.4. The number of rotatable bonds is 1. The Hall–Kier alpha value is -0.560. The summed E-state index contributed by atoms with van der Waals surface area (Å²) >= 11 is 0. The number of nitrogens with one attached hydrogen (secondary N) is 1. The lowest BCUT2D eigenvalue weighted by molar-refractivity contribution is 0.635. The molecule has 1 heteroatoms. The van der Waals surface area contributed by atoms with E-state index in [2.05, 4.69) is 24.5 Å². The lowest BCUT2D eigenvalue weighted by Gasteiger charge is -2.13. The third-order valence-corrected chi connectivity index (χ3v) is 2.78. The standard InChI is InChI=1S/C10H15N/c1-11-10-7-6-8-4-2-3-5-9(8)10/h3,5,10-11H,2,4,6-7H2,1H3/t10-/m0/s1. The zero-order chi connectivity index (χ0) is 7.68. The summed E-state index contributed by atoms with van der Waals surface area (Å²) in [5, 5.41) is 3.35. The second-order valence-electron chi connectivity index (χ2n) is 3.38. The molecular formula is C10H15N. The van der Waals surface area contributed by atoms with Gasteiger partial charge >= 0.3 is 0 Å². The number of likely N-dealkylation sites (N-methyl/N-ethyl adjacent to an activating group) is 1. The topological polar surface area (TPSA) is 12.0 Å². The van der Waals surface area contributed by atoms with Crippen LogP contribution in [0.1, 0.15) is 25.7 Å². The van der Waals surface area contributed by atoms with Crippen molar-refractivity contribution in [3.8, 4) is 0 Å². The van der Waals surface area contributed by atoms with Gasteiger partial charge in [0.15, 0.2) is 0 Å². The Labute approximate surface area is 68.2 Å². The van der Waals surface area contributed by atoms with Crippen LogP contribution in [0.5, 0.6) is 0 Å². The highest BCUT2D eigenvalue weighted by atomic mass is 14.9. The van der Waals surface area contributed by atoms with Crippen molar-refractivity contribution in [2.45, 2.75) is 31.7 Å². The summed E-state index contributed by atoms with van der Waals surface area (Å²) in [5.74, 6) is 0. The van der Waals surface area contributed by atoms with Gasteiger partial charge in [-0.05, 0) is 38.3 Å². The molecule has 0 aromatic carbocycles. The van der Waals surface area contributed by atoms with E-state index in [9.17, 15) is 0 Å². The second-order valence-corrected chi connectivity index (χ2v) is 3.38. The first kappa shape index (κ1) is 7.11. The smallest absolute Gasteiger partial charge is 0.0320 e. The van der Waals surface area contributed by atoms with Crippen molar-refractivity contribution in [2.24, 2.45) is 0 Å². The predicted molar refractivity (Wildman–Crippen MR) is 47.5 cm³/mol. The summed E-state index contributed by atoms with van der Waals surface area (Å²) in [4.78, 5) is 0. The number of hydrogen-bond acceptors (Lipinski definition) is 1. The quantitative estimate of drug-likeness (QED) is 0.601. The molecule has 1 N–H and O–H groups in total. The monoisotopic (exact) mass is 149 g/mol. The van der Waals surface area contributed by atoms with Crippen molar-refractivity contribution >= 4 is 0 Å². The van der Waals surface area contributed by atoms with E-state index in [-0.39, 0.29) is 0 Å². The highest BCUT2D eigenvalue weighted by molar-refractivity contribution is 5.37. The van der Waals surface area contributed by atoms with Gasteiger partial charge in [0, 0.05) is 6.04 Å². The number of allylic oxidation sites excluding steroid dienone is 2. The molecule has 2 aliphatic rings. The first-order chi connectivity index (χ1) is 5.42. The summed E-state index contributed by atoms with van der Waals surface area (Å²) in [5.41, 5.74) is 3.28. The maximum Gasteiger partial charge on any atom is 0.0320 e. The van der Waals surface area contributed by atoms with E-state index in [0.29, 0.717) is 6.04 Å². The minimum atomic E-state index is 0.654. The van der Waals surface area contributed by atoms with Gasteiger partial charge in [0.1, 0.15) is 0 Å². The molecule has 1 atom stereocenters. The molecule has 60 valence electrons. The summed E-state index contributed by atoms with van der Waals surface area (Å²) in [7, 11) is 2.06. The molecule has 1 nitrogen and oxygen atoms in total. The molecule has 0 radical (unpaired) electrons. The van der Waals surface area contributed by atoms with Crippen LogP contribution in [0, 0.1) is 0 Å². The lowest BCUT2D eigenvalue weighted by Crippen LogP contribution is -2.23. The van der Waals surface area contributed by atoms with Crippen LogP contribution >= 0.6 is 0 Å². The van der Waals surface area contributed by atoms with Gasteiger partial charge in [0.25, 0.3) is 0 Å². The molecule has 0 aromatic rings. The van der Waals surface area contributed by atoms with Crippen molar-refractivity contribution in [3.63, 3.8) is 0 Å². The maximum atomic E-state index is 3.35. The SMILES string of the molecule is CN[C@H]1CCC2=C1C=CCC2. The van der Waals surface area contributed by atoms with E-state index < -0.39 is 0 Å². The van der Waals surface area contributed by atoms with Crippen molar-refractivity contribution in [2.75, 3.05) is 7.05 Å². The molecule has 0 spiro atoms. The summed E-state index contributed by atoms with van der Waals surface area (Å²) in [6.45, 7) is 0. The van der Waals surface area contributed by atoms with Crippen molar-refractivity contribution < 1.29 is 0 Å². The molecule has 2 aliphatic carbocycles. The molecule has 0 saturated carbocycles. The fourth-order valence-corrected chi connectivity index (χ4v) is 2.14. The Morgan fingerprint density at radius 1 is 1.45 bits per heavy atom. The first-order valence-electron chi connectivity index (χ1n) is 4.47. The second kappa shape index (κ2) is 2.82. The van der Waals surface area contributed by atoms with Gasteiger partial charge in [-0.15, -0.1) is 0 Å². The van der Waals surface area contributed by atoms with Crippen molar-refractivity contribution in [1.29, 1.82) is 0 Å². The number of hydrogen-bond donors (Lipinski definition) is 1. The maximum absolute atomic E-state index is 3.35. The van der Waals surface area contributed by atoms with Crippen LogP contribution in [0.15, 0.2) is 23.3 Å². The van der Waals surface area contributed by atoms with Gasteiger partial charge in [-0.2, -0.15) is 0 Å². The molecule has 2 rings (SSSR count). The Bertz CT molecular complexity index is 213. The fourth-order valence-electron chi connectivity index (χ4n) is 2.14. The summed E-state index contributed by atoms with van der Waals surface area (Å²) < 4.78 is 0. The predicted octanol–water partition coefficient (Wildman–Crippen LogP) is 2.01. The molecule has 0 aromatic heterocycles. The molecule has 0 heterocycles. The van der Waals surface area contributed by atoms with Crippen LogP contribution in [0.4, 0.5) is 0 Å². The Balaban J connectivity index is 2.22. The van der Waals surface area contributed by atoms with Gasteiger partial charge < -0.3 is 5.32 Å².